The second kappa shape index (κ2) is 6.53. The average molecular weight is 273 g/mol. The molecule has 2 nitrogen and oxygen atoms in total. The van der Waals surface area contributed by atoms with Gasteiger partial charge in [0.15, 0.2) is 0 Å². The largest absolute Gasteiger partial charge is 0.496 e. The number of methoxy groups -OCH3 is 1. The number of halogens is 1. The SMILES string of the molecule is COc1ccccc1C(C)N[C@H](C)c1ccccc1F. The molecule has 2 aromatic rings. The van der Waals surface area contributed by atoms with Gasteiger partial charge in [-0.25, -0.2) is 4.39 Å². The molecule has 0 aliphatic carbocycles. The van der Waals surface area contributed by atoms with Crippen molar-refractivity contribution in [1.29, 1.82) is 0 Å². The highest BCUT2D eigenvalue weighted by Gasteiger charge is 2.16. The molecule has 2 aromatic carbocycles. The lowest BCUT2D eigenvalue weighted by Crippen LogP contribution is -2.23. The van der Waals surface area contributed by atoms with E-state index in [2.05, 4.69) is 12.2 Å². The number of benzene rings is 2. The van der Waals surface area contributed by atoms with Crippen molar-refractivity contribution in [2.24, 2.45) is 0 Å². The van der Waals surface area contributed by atoms with Crippen molar-refractivity contribution >= 4 is 0 Å². The highest BCUT2D eigenvalue weighted by atomic mass is 19.1. The van der Waals surface area contributed by atoms with Gasteiger partial charge in [0.05, 0.1) is 7.11 Å². The van der Waals surface area contributed by atoms with Crippen LogP contribution in [0.3, 0.4) is 0 Å². The van der Waals surface area contributed by atoms with Crippen LogP contribution in [0.1, 0.15) is 37.1 Å². The molecule has 1 unspecified atom stereocenters. The van der Waals surface area contributed by atoms with Crippen LogP contribution >= 0.6 is 0 Å². The first kappa shape index (κ1) is 14.5. The van der Waals surface area contributed by atoms with Crippen molar-refractivity contribution in [3.8, 4) is 5.75 Å². The molecular weight excluding hydrogens is 253 g/mol. The average Bonchev–Trinajstić information content (AvgIpc) is 2.47. The van der Waals surface area contributed by atoms with Crippen molar-refractivity contribution in [3.63, 3.8) is 0 Å². The second-order valence-corrected chi connectivity index (χ2v) is 4.87. The number of hydrogen-bond donors (Lipinski definition) is 1. The first-order valence-electron chi connectivity index (χ1n) is 6.77. The van der Waals surface area contributed by atoms with Crippen LogP contribution in [0, 0.1) is 5.82 Å². The van der Waals surface area contributed by atoms with Gasteiger partial charge in [-0.15, -0.1) is 0 Å². The smallest absolute Gasteiger partial charge is 0.127 e. The number of nitrogens with one attached hydrogen (secondary N) is 1. The van der Waals surface area contributed by atoms with Gasteiger partial charge in [0.2, 0.25) is 0 Å². The fraction of sp³-hybridized carbons (Fsp3) is 0.294. The summed E-state index contributed by atoms with van der Waals surface area (Å²) in [6.45, 7) is 4.01. The van der Waals surface area contributed by atoms with Gasteiger partial charge < -0.3 is 10.1 Å². The molecule has 0 fully saturated rings. The van der Waals surface area contributed by atoms with Crippen molar-refractivity contribution < 1.29 is 9.13 Å². The predicted octanol–water partition coefficient (Wildman–Crippen LogP) is 4.25. The van der Waals surface area contributed by atoms with E-state index in [1.807, 2.05) is 43.3 Å². The minimum absolute atomic E-state index is 0.0701. The molecule has 0 bridgehead atoms. The van der Waals surface area contributed by atoms with E-state index >= 15 is 0 Å². The molecule has 106 valence electrons. The van der Waals surface area contributed by atoms with Crippen molar-refractivity contribution in [2.45, 2.75) is 25.9 Å². The minimum atomic E-state index is -0.181. The molecule has 2 atom stereocenters. The van der Waals surface area contributed by atoms with E-state index < -0.39 is 0 Å². The molecule has 1 N–H and O–H groups in total. The van der Waals surface area contributed by atoms with Crippen LogP contribution in [0.4, 0.5) is 4.39 Å². The summed E-state index contributed by atoms with van der Waals surface area (Å²) < 4.78 is 19.1. The Balaban J connectivity index is 2.15. The summed E-state index contributed by atoms with van der Waals surface area (Å²) in [4.78, 5) is 0. The molecule has 3 heteroatoms. The monoisotopic (exact) mass is 273 g/mol. The van der Waals surface area contributed by atoms with Gasteiger partial charge >= 0.3 is 0 Å². The number of hydrogen-bond acceptors (Lipinski definition) is 2. The van der Waals surface area contributed by atoms with E-state index in [0.717, 1.165) is 11.3 Å². The Hall–Kier alpha value is -1.87. The topological polar surface area (TPSA) is 21.3 Å². The van der Waals surface area contributed by atoms with E-state index in [1.54, 1.807) is 13.2 Å². The Morgan fingerprint density at radius 1 is 0.900 bits per heavy atom. The zero-order valence-electron chi connectivity index (χ0n) is 12.1. The van der Waals surface area contributed by atoms with Crippen LogP contribution in [0.5, 0.6) is 5.75 Å². The summed E-state index contributed by atoms with van der Waals surface area (Å²) in [7, 11) is 1.66. The molecular formula is C17H20FNO. The lowest BCUT2D eigenvalue weighted by Gasteiger charge is -2.22. The summed E-state index contributed by atoms with van der Waals surface area (Å²) in [6, 6.07) is 14.7. The van der Waals surface area contributed by atoms with Gasteiger partial charge in [-0.2, -0.15) is 0 Å². The Morgan fingerprint density at radius 3 is 2.10 bits per heavy atom. The zero-order valence-corrected chi connectivity index (χ0v) is 12.1. The molecule has 0 aliphatic heterocycles. The van der Waals surface area contributed by atoms with Crippen LogP contribution in [0.25, 0.3) is 0 Å². The maximum absolute atomic E-state index is 13.8. The van der Waals surface area contributed by atoms with Crippen LogP contribution in [-0.4, -0.2) is 7.11 Å². The fourth-order valence-corrected chi connectivity index (χ4v) is 2.40. The number of ether oxygens (including phenoxy) is 1. The maximum atomic E-state index is 13.8. The fourth-order valence-electron chi connectivity index (χ4n) is 2.40. The third-order valence-corrected chi connectivity index (χ3v) is 3.48. The molecule has 0 amide bonds. The van der Waals surface area contributed by atoms with Crippen LogP contribution in [0.15, 0.2) is 48.5 Å². The van der Waals surface area contributed by atoms with Gasteiger partial charge in [-0.1, -0.05) is 36.4 Å². The summed E-state index contributed by atoms with van der Waals surface area (Å²) >= 11 is 0. The van der Waals surface area contributed by atoms with Crippen molar-refractivity contribution in [2.75, 3.05) is 7.11 Å². The quantitative estimate of drug-likeness (QED) is 0.879. The molecule has 0 radical (unpaired) electrons. The highest BCUT2D eigenvalue weighted by molar-refractivity contribution is 5.35. The van der Waals surface area contributed by atoms with Gasteiger partial charge in [0.25, 0.3) is 0 Å². The molecule has 0 aromatic heterocycles. The van der Waals surface area contributed by atoms with Crippen LogP contribution in [-0.2, 0) is 0 Å². The van der Waals surface area contributed by atoms with E-state index in [9.17, 15) is 4.39 Å². The van der Waals surface area contributed by atoms with Crippen LogP contribution < -0.4 is 10.1 Å². The van der Waals surface area contributed by atoms with Crippen molar-refractivity contribution in [3.05, 3.63) is 65.5 Å². The summed E-state index contributed by atoms with van der Waals surface area (Å²) in [5, 5.41) is 3.41. The minimum Gasteiger partial charge on any atom is -0.496 e. The Morgan fingerprint density at radius 2 is 1.45 bits per heavy atom. The Bertz CT molecular complexity index is 570. The molecule has 0 aliphatic rings. The first-order chi connectivity index (χ1) is 9.63. The molecule has 0 saturated carbocycles. The molecule has 0 spiro atoms. The summed E-state index contributed by atoms with van der Waals surface area (Å²) in [5.41, 5.74) is 1.74. The van der Waals surface area contributed by atoms with E-state index in [-0.39, 0.29) is 17.9 Å². The van der Waals surface area contributed by atoms with Gasteiger partial charge in [-0.3, -0.25) is 0 Å². The standard InChI is InChI=1S/C17H20FNO/c1-12(14-8-4-6-10-16(14)18)19-13(2)15-9-5-7-11-17(15)20-3/h4-13,19H,1-3H3/t12-,13?/m1/s1. The highest BCUT2D eigenvalue weighted by Crippen LogP contribution is 2.27. The second-order valence-electron chi connectivity index (χ2n) is 4.87. The van der Waals surface area contributed by atoms with E-state index in [1.165, 1.54) is 6.07 Å². The van der Waals surface area contributed by atoms with Gasteiger partial charge in [0, 0.05) is 23.2 Å². The Kier molecular flexibility index (Phi) is 4.74. The van der Waals surface area contributed by atoms with E-state index in [4.69, 9.17) is 4.74 Å². The van der Waals surface area contributed by atoms with Gasteiger partial charge in [-0.05, 0) is 26.0 Å². The zero-order chi connectivity index (χ0) is 14.5. The summed E-state index contributed by atoms with van der Waals surface area (Å²) in [6.07, 6.45) is 0. The third-order valence-electron chi connectivity index (χ3n) is 3.48. The first-order valence-corrected chi connectivity index (χ1v) is 6.77. The molecule has 2 rings (SSSR count). The van der Waals surface area contributed by atoms with E-state index in [0.29, 0.717) is 5.56 Å². The van der Waals surface area contributed by atoms with Crippen molar-refractivity contribution in [1.82, 2.24) is 5.32 Å². The molecule has 0 heterocycles. The number of para-hydroxylation sites is 1. The maximum Gasteiger partial charge on any atom is 0.127 e. The summed E-state index contributed by atoms with van der Waals surface area (Å²) in [5.74, 6) is 0.660. The molecule has 20 heavy (non-hydrogen) atoms. The Labute approximate surface area is 119 Å². The molecule has 0 saturated heterocycles. The normalized spacial score (nSPS) is 13.8. The third kappa shape index (κ3) is 3.17. The lowest BCUT2D eigenvalue weighted by molar-refractivity contribution is 0.395. The number of rotatable bonds is 5. The van der Waals surface area contributed by atoms with Gasteiger partial charge in [0.1, 0.15) is 11.6 Å². The predicted molar refractivity (Wildman–Crippen MR) is 79.4 cm³/mol. The lowest BCUT2D eigenvalue weighted by atomic mass is 10.0. The van der Waals surface area contributed by atoms with Crippen LogP contribution in [0.2, 0.25) is 0 Å².